The molecule has 1 saturated heterocycles. The summed E-state index contributed by atoms with van der Waals surface area (Å²) in [6.07, 6.45) is 2.48. The van der Waals surface area contributed by atoms with E-state index in [2.05, 4.69) is 46.4 Å². The average Bonchev–Trinajstić information content (AvgIpc) is 2.54. The van der Waals surface area contributed by atoms with Gasteiger partial charge in [0.1, 0.15) is 0 Å². The molecule has 1 aliphatic rings. The van der Waals surface area contributed by atoms with Gasteiger partial charge >= 0.3 is 0 Å². The average molecular weight is 284 g/mol. The van der Waals surface area contributed by atoms with Crippen LogP contribution in [0.15, 0.2) is 28.7 Å². The van der Waals surface area contributed by atoms with Gasteiger partial charge in [-0.15, -0.1) is 0 Å². The molecule has 0 radical (unpaired) electrons. The zero-order valence-electron chi connectivity index (χ0n) is 9.58. The van der Waals surface area contributed by atoms with E-state index in [0.717, 1.165) is 24.0 Å². The SMILES string of the molecule is CCC1CCOC(c2cccc(Br)c2)CN1. The van der Waals surface area contributed by atoms with Crippen LogP contribution in [-0.2, 0) is 4.74 Å². The second-order valence-corrected chi connectivity index (χ2v) is 5.13. The lowest BCUT2D eigenvalue weighted by Gasteiger charge is -2.16. The van der Waals surface area contributed by atoms with E-state index >= 15 is 0 Å². The fraction of sp³-hybridized carbons (Fsp3) is 0.538. The predicted octanol–water partition coefficient (Wildman–Crippen LogP) is 3.28. The highest BCUT2D eigenvalue weighted by atomic mass is 79.9. The van der Waals surface area contributed by atoms with Crippen LogP contribution in [0.4, 0.5) is 0 Å². The number of rotatable bonds is 2. The smallest absolute Gasteiger partial charge is 0.0949 e. The van der Waals surface area contributed by atoms with Gasteiger partial charge in [-0.25, -0.2) is 0 Å². The van der Waals surface area contributed by atoms with Crippen molar-refractivity contribution in [3.63, 3.8) is 0 Å². The number of ether oxygens (including phenoxy) is 1. The van der Waals surface area contributed by atoms with Gasteiger partial charge in [-0.05, 0) is 30.5 Å². The first kappa shape index (κ1) is 12.1. The van der Waals surface area contributed by atoms with Crippen LogP contribution in [0, 0.1) is 0 Å². The fourth-order valence-electron chi connectivity index (χ4n) is 2.06. The predicted molar refractivity (Wildman–Crippen MR) is 69.5 cm³/mol. The Labute approximate surface area is 106 Å². The molecule has 0 aromatic heterocycles. The molecule has 2 rings (SSSR count). The minimum absolute atomic E-state index is 0.189. The zero-order chi connectivity index (χ0) is 11.4. The van der Waals surface area contributed by atoms with E-state index < -0.39 is 0 Å². The maximum Gasteiger partial charge on any atom is 0.0949 e. The molecule has 2 unspecified atom stereocenters. The van der Waals surface area contributed by atoms with E-state index in [-0.39, 0.29) is 6.10 Å². The summed E-state index contributed by atoms with van der Waals surface area (Å²) < 4.78 is 7.01. The lowest BCUT2D eigenvalue weighted by molar-refractivity contribution is 0.0663. The normalized spacial score (nSPS) is 26.4. The Morgan fingerprint density at radius 2 is 2.38 bits per heavy atom. The standard InChI is InChI=1S/C13H18BrNO/c1-2-12-6-7-16-13(9-15-12)10-4-3-5-11(14)8-10/h3-5,8,12-13,15H,2,6-7,9H2,1H3. The molecule has 2 nitrogen and oxygen atoms in total. The third kappa shape index (κ3) is 3.06. The Balaban J connectivity index is 2.04. The first-order chi connectivity index (χ1) is 7.79. The molecule has 16 heavy (non-hydrogen) atoms. The van der Waals surface area contributed by atoms with Crippen LogP contribution in [-0.4, -0.2) is 19.2 Å². The van der Waals surface area contributed by atoms with Crippen LogP contribution in [0.3, 0.4) is 0 Å². The van der Waals surface area contributed by atoms with Crippen LogP contribution in [0.2, 0.25) is 0 Å². The minimum atomic E-state index is 0.189. The van der Waals surface area contributed by atoms with Crippen molar-refractivity contribution in [3.8, 4) is 0 Å². The summed E-state index contributed by atoms with van der Waals surface area (Å²) in [6, 6.07) is 8.98. The minimum Gasteiger partial charge on any atom is -0.372 e. The van der Waals surface area contributed by atoms with Crippen molar-refractivity contribution in [1.82, 2.24) is 5.32 Å². The molecule has 1 aromatic rings. The summed E-state index contributed by atoms with van der Waals surface area (Å²) >= 11 is 3.50. The molecule has 0 saturated carbocycles. The first-order valence-corrected chi connectivity index (χ1v) is 6.69. The third-order valence-corrected chi connectivity index (χ3v) is 3.58. The number of nitrogens with one attached hydrogen (secondary N) is 1. The molecule has 0 amide bonds. The summed E-state index contributed by atoms with van der Waals surface area (Å²) in [5, 5.41) is 3.56. The highest BCUT2D eigenvalue weighted by Crippen LogP contribution is 2.23. The lowest BCUT2D eigenvalue weighted by atomic mass is 10.1. The highest BCUT2D eigenvalue weighted by Gasteiger charge is 2.18. The molecule has 1 fully saturated rings. The van der Waals surface area contributed by atoms with Crippen molar-refractivity contribution >= 4 is 15.9 Å². The second kappa shape index (κ2) is 5.80. The molecular formula is C13H18BrNO. The van der Waals surface area contributed by atoms with E-state index in [1.54, 1.807) is 0 Å². The van der Waals surface area contributed by atoms with Gasteiger partial charge in [0, 0.05) is 23.7 Å². The largest absolute Gasteiger partial charge is 0.372 e. The van der Waals surface area contributed by atoms with Crippen LogP contribution in [0.25, 0.3) is 0 Å². The quantitative estimate of drug-likeness (QED) is 0.900. The van der Waals surface area contributed by atoms with Gasteiger partial charge in [0.15, 0.2) is 0 Å². The van der Waals surface area contributed by atoms with Crippen molar-refractivity contribution < 1.29 is 4.74 Å². The van der Waals surface area contributed by atoms with E-state index in [0.29, 0.717) is 6.04 Å². The van der Waals surface area contributed by atoms with Crippen molar-refractivity contribution in [2.24, 2.45) is 0 Å². The Morgan fingerprint density at radius 1 is 1.50 bits per heavy atom. The van der Waals surface area contributed by atoms with Gasteiger partial charge < -0.3 is 10.1 Å². The monoisotopic (exact) mass is 283 g/mol. The molecule has 0 bridgehead atoms. The molecule has 0 aliphatic carbocycles. The van der Waals surface area contributed by atoms with Crippen LogP contribution in [0.1, 0.15) is 31.4 Å². The van der Waals surface area contributed by atoms with E-state index in [9.17, 15) is 0 Å². The van der Waals surface area contributed by atoms with Crippen molar-refractivity contribution in [2.45, 2.75) is 31.9 Å². The van der Waals surface area contributed by atoms with E-state index in [1.807, 2.05) is 6.07 Å². The van der Waals surface area contributed by atoms with Gasteiger partial charge in [0.05, 0.1) is 6.10 Å². The summed E-state index contributed by atoms with van der Waals surface area (Å²) in [5.74, 6) is 0. The summed E-state index contributed by atoms with van der Waals surface area (Å²) in [7, 11) is 0. The molecule has 1 N–H and O–H groups in total. The molecule has 88 valence electrons. The molecule has 2 atom stereocenters. The topological polar surface area (TPSA) is 21.3 Å². The van der Waals surface area contributed by atoms with Gasteiger partial charge in [-0.2, -0.15) is 0 Å². The Bertz CT molecular complexity index is 342. The van der Waals surface area contributed by atoms with Crippen LogP contribution < -0.4 is 5.32 Å². The molecule has 0 spiro atoms. The summed E-state index contributed by atoms with van der Waals surface area (Å²) in [6.45, 7) is 3.98. The number of benzene rings is 1. The Kier molecular flexibility index (Phi) is 4.38. The van der Waals surface area contributed by atoms with Crippen molar-refractivity contribution in [3.05, 3.63) is 34.3 Å². The van der Waals surface area contributed by atoms with E-state index in [1.165, 1.54) is 12.0 Å². The van der Waals surface area contributed by atoms with E-state index in [4.69, 9.17) is 4.74 Å². The summed E-state index contributed by atoms with van der Waals surface area (Å²) in [4.78, 5) is 0. The molecule has 1 heterocycles. The molecule has 3 heteroatoms. The summed E-state index contributed by atoms with van der Waals surface area (Å²) in [5.41, 5.74) is 1.25. The lowest BCUT2D eigenvalue weighted by Crippen LogP contribution is -2.29. The Morgan fingerprint density at radius 3 is 3.12 bits per heavy atom. The third-order valence-electron chi connectivity index (χ3n) is 3.09. The molecule has 1 aliphatic heterocycles. The number of hydrogen-bond donors (Lipinski definition) is 1. The fourth-order valence-corrected chi connectivity index (χ4v) is 2.47. The van der Waals surface area contributed by atoms with Gasteiger partial charge in [0.2, 0.25) is 0 Å². The molecular weight excluding hydrogens is 266 g/mol. The maximum atomic E-state index is 5.89. The van der Waals surface area contributed by atoms with Crippen LogP contribution >= 0.6 is 15.9 Å². The van der Waals surface area contributed by atoms with Gasteiger partial charge in [-0.3, -0.25) is 0 Å². The van der Waals surface area contributed by atoms with Crippen molar-refractivity contribution in [2.75, 3.05) is 13.2 Å². The first-order valence-electron chi connectivity index (χ1n) is 5.90. The van der Waals surface area contributed by atoms with Crippen LogP contribution in [0.5, 0.6) is 0 Å². The maximum absolute atomic E-state index is 5.89. The highest BCUT2D eigenvalue weighted by molar-refractivity contribution is 9.10. The van der Waals surface area contributed by atoms with Gasteiger partial charge in [-0.1, -0.05) is 35.0 Å². The zero-order valence-corrected chi connectivity index (χ0v) is 11.2. The molecule has 1 aromatic carbocycles. The second-order valence-electron chi connectivity index (χ2n) is 4.22. The van der Waals surface area contributed by atoms with Gasteiger partial charge in [0.25, 0.3) is 0 Å². The Hall–Kier alpha value is -0.380. The van der Waals surface area contributed by atoms with Crippen molar-refractivity contribution in [1.29, 1.82) is 0 Å². The number of hydrogen-bond acceptors (Lipinski definition) is 2. The number of halogens is 1.